The van der Waals surface area contributed by atoms with Crippen LogP contribution >= 0.6 is 0 Å². The highest BCUT2D eigenvalue weighted by molar-refractivity contribution is 5.78. The Labute approximate surface area is 148 Å². The summed E-state index contributed by atoms with van der Waals surface area (Å²) in [6, 6.07) is 8.06. The quantitative estimate of drug-likeness (QED) is 0.838. The number of likely N-dealkylation sites (tertiary alicyclic amines) is 1. The van der Waals surface area contributed by atoms with Gasteiger partial charge in [0.2, 0.25) is 5.91 Å². The Morgan fingerprint density at radius 3 is 2.52 bits per heavy atom. The third-order valence-electron chi connectivity index (χ3n) is 4.88. The monoisotopic (exact) mass is 342 g/mol. The first-order chi connectivity index (χ1) is 12.1. The number of amides is 1. The second-order valence-electron chi connectivity index (χ2n) is 6.87. The number of carbonyl (C=O) groups excluding carboxylic acids is 1. The van der Waals surface area contributed by atoms with Crippen molar-refractivity contribution in [2.24, 2.45) is 0 Å². The molecule has 1 aromatic heterocycles. The van der Waals surface area contributed by atoms with Gasteiger partial charge in [0.05, 0.1) is 13.5 Å². The molecule has 134 valence electrons. The third-order valence-corrected chi connectivity index (χ3v) is 4.88. The van der Waals surface area contributed by atoms with Crippen molar-refractivity contribution in [3.63, 3.8) is 0 Å². The minimum atomic E-state index is 0.189. The Morgan fingerprint density at radius 2 is 1.92 bits per heavy atom. The second kappa shape index (κ2) is 7.68. The lowest BCUT2D eigenvalue weighted by Gasteiger charge is -2.32. The average molecular weight is 342 g/mol. The van der Waals surface area contributed by atoms with Gasteiger partial charge in [-0.2, -0.15) is 0 Å². The van der Waals surface area contributed by atoms with E-state index in [2.05, 4.69) is 28.6 Å². The van der Waals surface area contributed by atoms with Gasteiger partial charge in [-0.15, -0.1) is 10.2 Å². The van der Waals surface area contributed by atoms with Gasteiger partial charge in [-0.3, -0.25) is 4.79 Å². The van der Waals surface area contributed by atoms with Crippen molar-refractivity contribution in [3.8, 4) is 5.75 Å². The van der Waals surface area contributed by atoms with E-state index in [0.29, 0.717) is 18.4 Å². The van der Waals surface area contributed by atoms with Crippen LogP contribution in [0.4, 0.5) is 0 Å². The summed E-state index contributed by atoms with van der Waals surface area (Å²) in [7, 11) is 1.64. The highest BCUT2D eigenvalue weighted by Gasteiger charge is 2.27. The van der Waals surface area contributed by atoms with Crippen molar-refractivity contribution in [1.82, 2.24) is 19.7 Å². The van der Waals surface area contributed by atoms with E-state index < -0.39 is 0 Å². The smallest absolute Gasteiger partial charge is 0.226 e. The molecule has 6 nitrogen and oxygen atoms in total. The number of benzene rings is 1. The molecule has 0 bridgehead atoms. The Kier molecular flexibility index (Phi) is 5.36. The number of nitrogens with zero attached hydrogens (tertiary/aromatic N) is 4. The van der Waals surface area contributed by atoms with Crippen molar-refractivity contribution in [1.29, 1.82) is 0 Å². The van der Waals surface area contributed by atoms with E-state index >= 15 is 0 Å². The molecule has 6 heteroatoms. The number of hydrogen-bond acceptors (Lipinski definition) is 4. The zero-order valence-corrected chi connectivity index (χ0v) is 15.2. The topological polar surface area (TPSA) is 60.2 Å². The molecule has 3 rings (SSSR count). The van der Waals surface area contributed by atoms with Gasteiger partial charge in [-0.1, -0.05) is 12.1 Å². The van der Waals surface area contributed by atoms with Crippen LogP contribution in [0.3, 0.4) is 0 Å². The summed E-state index contributed by atoms with van der Waals surface area (Å²) >= 11 is 0. The number of rotatable bonds is 5. The molecule has 2 heterocycles. The van der Waals surface area contributed by atoms with Crippen molar-refractivity contribution in [3.05, 3.63) is 42.0 Å². The van der Waals surface area contributed by atoms with Crippen molar-refractivity contribution < 1.29 is 9.53 Å². The lowest BCUT2D eigenvalue weighted by Crippen LogP contribution is -2.39. The molecule has 0 unspecified atom stereocenters. The average Bonchev–Trinajstić information content (AvgIpc) is 3.12. The molecule has 0 aliphatic carbocycles. The van der Waals surface area contributed by atoms with Gasteiger partial charge in [-0.25, -0.2) is 0 Å². The molecule has 0 saturated carbocycles. The van der Waals surface area contributed by atoms with Crippen molar-refractivity contribution >= 4 is 5.91 Å². The van der Waals surface area contributed by atoms with Gasteiger partial charge >= 0.3 is 0 Å². The van der Waals surface area contributed by atoms with Crippen molar-refractivity contribution in [2.75, 3.05) is 20.2 Å². The van der Waals surface area contributed by atoms with E-state index in [0.717, 1.165) is 43.1 Å². The number of hydrogen-bond donors (Lipinski definition) is 0. The normalized spacial score (nSPS) is 15.6. The Bertz CT molecular complexity index is 700. The summed E-state index contributed by atoms with van der Waals surface area (Å²) in [5, 5.41) is 8.38. The molecule has 1 saturated heterocycles. The molecule has 0 spiro atoms. The highest BCUT2D eigenvalue weighted by atomic mass is 16.5. The van der Waals surface area contributed by atoms with E-state index in [4.69, 9.17) is 4.74 Å². The lowest BCUT2D eigenvalue weighted by atomic mass is 9.95. The molecular formula is C19H26N4O2. The third kappa shape index (κ3) is 4.00. The molecule has 25 heavy (non-hydrogen) atoms. The molecular weight excluding hydrogens is 316 g/mol. The first-order valence-corrected chi connectivity index (χ1v) is 8.88. The van der Waals surface area contributed by atoms with E-state index in [9.17, 15) is 4.79 Å². The maximum absolute atomic E-state index is 12.6. The van der Waals surface area contributed by atoms with Gasteiger partial charge in [0.1, 0.15) is 17.9 Å². The largest absolute Gasteiger partial charge is 0.497 e. The molecule has 1 aliphatic heterocycles. The summed E-state index contributed by atoms with van der Waals surface area (Å²) in [6.07, 6.45) is 4.14. The second-order valence-corrected chi connectivity index (χ2v) is 6.87. The summed E-state index contributed by atoms with van der Waals surface area (Å²) in [5.74, 6) is 2.44. The zero-order chi connectivity index (χ0) is 17.8. The first kappa shape index (κ1) is 17.5. The summed E-state index contributed by atoms with van der Waals surface area (Å²) < 4.78 is 7.29. The number of piperidine rings is 1. The van der Waals surface area contributed by atoms with Crippen LogP contribution in [0.2, 0.25) is 0 Å². The maximum Gasteiger partial charge on any atom is 0.226 e. The SMILES string of the molecule is COc1ccc(CC(=O)N2CCC(c3nncn3C(C)C)CC2)cc1. The molecule has 0 radical (unpaired) electrons. The maximum atomic E-state index is 12.6. The van der Waals surface area contributed by atoms with Gasteiger partial charge in [0, 0.05) is 25.0 Å². The fourth-order valence-electron chi connectivity index (χ4n) is 3.36. The minimum absolute atomic E-state index is 0.189. The predicted molar refractivity (Wildman–Crippen MR) is 95.7 cm³/mol. The standard InChI is InChI=1S/C19H26N4O2/c1-14(2)23-13-20-21-19(23)16-8-10-22(11-9-16)18(24)12-15-4-6-17(25-3)7-5-15/h4-7,13-14,16H,8-12H2,1-3H3. The van der Waals surface area contributed by atoms with Gasteiger partial charge in [-0.05, 0) is 44.4 Å². The highest BCUT2D eigenvalue weighted by Crippen LogP contribution is 2.28. The molecule has 1 amide bonds. The van der Waals surface area contributed by atoms with Crippen LogP contribution in [-0.2, 0) is 11.2 Å². The van der Waals surface area contributed by atoms with Crippen LogP contribution in [0, 0.1) is 0 Å². The molecule has 1 aromatic carbocycles. The molecule has 2 aromatic rings. The Hall–Kier alpha value is -2.37. The van der Waals surface area contributed by atoms with Crippen LogP contribution in [0.1, 0.15) is 50.0 Å². The fraction of sp³-hybridized carbons (Fsp3) is 0.526. The fourth-order valence-corrected chi connectivity index (χ4v) is 3.36. The molecule has 0 atom stereocenters. The number of aromatic nitrogens is 3. The van der Waals surface area contributed by atoms with Crippen LogP contribution in [0.25, 0.3) is 0 Å². The minimum Gasteiger partial charge on any atom is -0.497 e. The van der Waals surface area contributed by atoms with E-state index in [-0.39, 0.29) is 5.91 Å². The molecule has 1 aliphatic rings. The van der Waals surface area contributed by atoms with Crippen LogP contribution in [-0.4, -0.2) is 45.8 Å². The van der Waals surface area contributed by atoms with Gasteiger partial charge < -0.3 is 14.2 Å². The number of methoxy groups -OCH3 is 1. The van der Waals surface area contributed by atoms with Crippen LogP contribution in [0.15, 0.2) is 30.6 Å². The Morgan fingerprint density at radius 1 is 1.24 bits per heavy atom. The van der Waals surface area contributed by atoms with E-state index in [1.807, 2.05) is 29.2 Å². The van der Waals surface area contributed by atoms with E-state index in [1.165, 1.54) is 0 Å². The summed E-state index contributed by atoms with van der Waals surface area (Å²) in [6.45, 7) is 5.84. The Balaban J connectivity index is 1.56. The summed E-state index contributed by atoms with van der Waals surface area (Å²) in [4.78, 5) is 14.5. The molecule has 0 N–H and O–H groups in total. The van der Waals surface area contributed by atoms with E-state index in [1.54, 1.807) is 13.4 Å². The predicted octanol–water partition coefficient (Wildman–Crippen LogP) is 2.82. The number of ether oxygens (including phenoxy) is 1. The lowest BCUT2D eigenvalue weighted by molar-refractivity contribution is -0.131. The summed E-state index contributed by atoms with van der Waals surface area (Å²) in [5.41, 5.74) is 1.02. The van der Waals surface area contributed by atoms with Gasteiger partial charge in [0.25, 0.3) is 0 Å². The zero-order valence-electron chi connectivity index (χ0n) is 15.2. The number of carbonyl (C=O) groups is 1. The molecule has 1 fully saturated rings. The van der Waals surface area contributed by atoms with Crippen LogP contribution < -0.4 is 4.74 Å². The van der Waals surface area contributed by atoms with Crippen molar-refractivity contribution in [2.45, 2.75) is 45.1 Å². The van der Waals surface area contributed by atoms with Crippen LogP contribution in [0.5, 0.6) is 5.75 Å². The first-order valence-electron chi connectivity index (χ1n) is 8.88. The van der Waals surface area contributed by atoms with Gasteiger partial charge in [0.15, 0.2) is 0 Å².